The molecule has 1 fully saturated rings. The van der Waals surface area contributed by atoms with E-state index in [1.165, 1.54) is 16.0 Å². The summed E-state index contributed by atoms with van der Waals surface area (Å²) in [5.74, 6) is 1.17. The molecule has 0 unspecified atom stereocenters. The lowest BCUT2D eigenvalue weighted by Gasteiger charge is -2.33. The number of methoxy groups -OCH3 is 2. The Hall–Kier alpha value is -4.05. The van der Waals surface area contributed by atoms with Gasteiger partial charge >= 0.3 is 5.97 Å². The zero-order valence-corrected chi connectivity index (χ0v) is 28.1. The van der Waals surface area contributed by atoms with E-state index in [0.29, 0.717) is 57.2 Å². The summed E-state index contributed by atoms with van der Waals surface area (Å²) in [4.78, 5) is 25.7. The van der Waals surface area contributed by atoms with E-state index < -0.39 is 0 Å². The molecule has 8 nitrogen and oxygen atoms in total. The van der Waals surface area contributed by atoms with Crippen LogP contribution in [0.3, 0.4) is 0 Å². The van der Waals surface area contributed by atoms with Crippen LogP contribution in [0.5, 0.6) is 11.5 Å². The van der Waals surface area contributed by atoms with Crippen LogP contribution in [0.4, 0.5) is 5.69 Å². The maximum Gasteiger partial charge on any atom is 0.340 e. The highest BCUT2D eigenvalue weighted by molar-refractivity contribution is 7.99. The second-order valence-corrected chi connectivity index (χ2v) is 13.3. The summed E-state index contributed by atoms with van der Waals surface area (Å²) < 4.78 is 23.1. The molecule has 244 valence electrons. The van der Waals surface area contributed by atoms with E-state index in [1.54, 1.807) is 14.2 Å². The minimum Gasteiger partial charge on any atom is -0.493 e. The van der Waals surface area contributed by atoms with Crippen molar-refractivity contribution in [2.75, 3.05) is 58.6 Å². The minimum atomic E-state index is -0.279. The third-order valence-electron chi connectivity index (χ3n) is 9.35. The van der Waals surface area contributed by atoms with Crippen LogP contribution in [0.1, 0.15) is 62.2 Å². The number of aromatic nitrogens is 1. The van der Waals surface area contributed by atoms with Crippen molar-refractivity contribution in [3.8, 4) is 11.5 Å². The smallest absolute Gasteiger partial charge is 0.340 e. The van der Waals surface area contributed by atoms with E-state index in [4.69, 9.17) is 23.9 Å². The number of benzene rings is 3. The molecule has 7 rings (SSSR count). The molecule has 3 aliphatic heterocycles. The Labute approximate surface area is 281 Å². The van der Waals surface area contributed by atoms with Gasteiger partial charge < -0.3 is 23.8 Å². The van der Waals surface area contributed by atoms with Crippen molar-refractivity contribution in [3.63, 3.8) is 0 Å². The molecule has 4 heterocycles. The number of carbonyl (C=O) groups is 1. The molecule has 0 spiro atoms. The van der Waals surface area contributed by atoms with Crippen LogP contribution in [-0.4, -0.2) is 69.5 Å². The maximum absolute atomic E-state index is 14.1. The fourth-order valence-electron chi connectivity index (χ4n) is 7.20. The Balaban J connectivity index is 1.45. The summed E-state index contributed by atoms with van der Waals surface area (Å²) >= 11 is 1.84. The highest BCUT2D eigenvalue weighted by atomic mass is 32.2. The molecule has 47 heavy (non-hydrogen) atoms. The Morgan fingerprint density at radius 1 is 0.957 bits per heavy atom. The van der Waals surface area contributed by atoms with Crippen molar-refractivity contribution in [1.82, 2.24) is 9.88 Å². The molecule has 4 aromatic rings. The summed E-state index contributed by atoms with van der Waals surface area (Å²) in [7, 11) is 3.38. The number of fused-ring (bicyclic) bond motifs is 4. The predicted octanol–water partition coefficient (Wildman–Crippen LogP) is 6.65. The number of hydrogen-bond donors (Lipinski definition) is 0. The molecule has 0 radical (unpaired) electrons. The molecule has 3 aliphatic rings. The number of esters is 1. The van der Waals surface area contributed by atoms with E-state index >= 15 is 0 Å². The van der Waals surface area contributed by atoms with Crippen LogP contribution < -0.4 is 14.4 Å². The number of hydrogen-bond acceptors (Lipinski definition) is 9. The fraction of sp³-hybridized carbons (Fsp3) is 0.368. The highest BCUT2D eigenvalue weighted by Crippen LogP contribution is 2.55. The van der Waals surface area contributed by atoms with Gasteiger partial charge in [0.15, 0.2) is 11.5 Å². The molecule has 0 N–H and O–H groups in total. The molecule has 0 aliphatic carbocycles. The SMILES string of the molecule is CCOC(=O)c1c2c(nc(Cc3ccccc3)c1N1CCOCC1)[C@@H]1[C@@H](Sc3ccccc3)c3cc(OC)c(OC)cc3CCN1C2. The number of carbonyl (C=O) groups excluding carboxylic acids is 1. The summed E-state index contributed by atoms with van der Waals surface area (Å²) in [6.07, 6.45) is 1.45. The van der Waals surface area contributed by atoms with Crippen LogP contribution in [0.15, 0.2) is 77.7 Å². The zero-order valence-electron chi connectivity index (χ0n) is 27.2. The van der Waals surface area contributed by atoms with E-state index in [0.717, 1.165) is 46.9 Å². The molecule has 2 atom stereocenters. The largest absolute Gasteiger partial charge is 0.493 e. The number of pyridine rings is 1. The van der Waals surface area contributed by atoms with Crippen molar-refractivity contribution in [2.45, 2.75) is 42.5 Å². The van der Waals surface area contributed by atoms with Gasteiger partial charge in [-0.05, 0) is 54.3 Å². The first kappa shape index (κ1) is 31.5. The average molecular weight is 652 g/mol. The van der Waals surface area contributed by atoms with Crippen LogP contribution in [0, 0.1) is 0 Å². The minimum absolute atomic E-state index is 0.0164. The van der Waals surface area contributed by atoms with Crippen molar-refractivity contribution in [3.05, 3.63) is 112 Å². The van der Waals surface area contributed by atoms with Crippen molar-refractivity contribution < 1.29 is 23.7 Å². The normalized spacial score (nSPS) is 18.9. The third kappa shape index (κ3) is 6.20. The second kappa shape index (κ2) is 14.0. The Morgan fingerprint density at radius 2 is 1.66 bits per heavy atom. The van der Waals surface area contributed by atoms with Gasteiger partial charge in [-0.3, -0.25) is 9.88 Å². The summed E-state index contributed by atoms with van der Waals surface area (Å²) in [5, 5.41) is -0.0164. The molecule has 0 bridgehead atoms. The van der Waals surface area contributed by atoms with E-state index in [2.05, 4.69) is 70.5 Å². The molecule has 3 aromatic carbocycles. The molecule has 1 saturated heterocycles. The summed E-state index contributed by atoms with van der Waals surface area (Å²) in [6, 6.07) is 25.1. The van der Waals surface area contributed by atoms with Crippen molar-refractivity contribution in [1.29, 1.82) is 0 Å². The first-order chi connectivity index (χ1) is 23.1. The van der Waals surface area contributed by atoms with Gasteiger partial charge in [-0.25, -0.2) is 4.79 Å². The second-order valence-electron chi connectivity index (χ2n) is 12.1. The van der Waals surface area contributed by atoms with Gasteiger partial charge in [-0.1, -0.05) is 48.5 Å². The fourth-order valence-corrected chi connectivity index (χ4v) is 8.59. The van der Waals surface area contributed by atoms with Gasteiger partial charge in [-0.2, -0.15) is 0 Å². The quantitative estimate of drug-likeness (QED) is 0.185. The lowest BCUT2D eigenvalue weighted by Crippen LogP contribution is -2.38. The Bertz CT molecular complexity index is 1730. The lowest BCUT2D eigenvalue weighted by atomic mass is 9.93. The number of thioether (sulfide) groups is 1. The lowest BCUT2D eigenvalue weighted by molar-refractivity contribution is 0.0524. The first-order valence-electron chi connectivity index (χ1n) is 16.4. The Kier molecular flexibility index (Phi) is 9.38. The van der Waals surface area contributed by atoms with Crippen molar-refractivity contribution >= 4 is 23.4 Å². The van der Waals surface area contributed by atoms with E-state index in [9.17, 15) is 4.79 Å². The van der Waals surface area contributed by atoms with Gasteiger partial charge in [0.1, 0.15) is 0 Å². The van der Waals surface area contributed by atoms with Crippen LogP contribution in [0.25, 0.3) is 0 Å². The average Bonchev–Trinajstić information content (AvgIpc) is 3.40. The predicted molar refractivity (Wildman–Crippen MR) is 184 cm³/mol. The van der Waals surface area contributed by atoms with Crippen LogP contribution >= 0.6 is 11.8 Å². The molecule has 1 aromatic heterocycles. The van der Waals surface area contributed by atoms with Crippen LogP contribution in [0.2, 0.25) is 0 Å². The van der Waals surface area contributed by atoms with E-state index in [1.807, 2.05) is 30.8 Å². The number of rotatable bonds is 9. The summed E-state index contributed by atoms with van der Waals surface area (Å²) in [6.45, 7) is 6.23. The highest BCUT2D eigenvalue weighted by Gasteiger charge is 2.45. The van der Waals surface area contributed by atoms with Crippen LogP contribution in [-0.2, 0) is 28.9 Å². The molecular formula is C38H41N3O5S. The monoisotopic (exact) mass is 651 g/mol. The number of anilines is 1. The Morgan fingerprint density at radius 3 is 2.36 bits per heavy atom. The number of ether oxygens (including phenoxy) is 4. The zero-order chi connectivity index (χ0) is 32.3. The van der Waals surface area contributed by atoms with E-state index in [-0.39, 0.29) is 17.3 Å². The molecule has 0 amide bonds. The molecule has 9 heteroatoms. The van der Waals surface area contributed by atoms with Gasteiger partial charge in [0.2, 0.25) is 0 Å². The summed E-state index contributed by atoms with van der Waals surface area (Å²) in [5.41, 5.74) is 8.01. The van der Waals surface area contributed by atoms with Gasteiger partial charge in [-0.15, -0.1) is 11.8 Å². The number of nitrogens with zero attached hydrogens (tertiary/aromatic N) is 3. The van der Waals surface area contributed by atoms with Gasteiger partial charge in [0, 0.05) is 43.1 Å². The third-order valence-corrected chi connectivity index (χ3v) is 10.7. The number of morpholine rings is 1. The first-order valence-corrected chi connectivity index (χ1v) is 17.3. The van der Waals surface area contributed by atoms with Gasteiger partial charge in [0.25, 0.3) is 0 Å². The maximum atomic E-state index is 14.1. The molecular weight excluding hydrogens is 611 g/mol. The topological polar surface area (TPSA) is 73.4 Å². The van der Waals surface area contributed by atoms with Crippen molar-refractivity contribution in [2.24, 2.45) is 0 Å². The van der Waals surface area contributed by atoms with Gasteiger partial charge in [0.05, 0.1) is 68.0 Å². The standard InChI is InChI=1S/C38H41N3O5S/c1-4-46-38(42)33-29-24-41-16-15-26-22-31(43-2)32(44-3)23-28(26)37(47-27-13-9-6-10-14-27)36(41)34(29)39-30(21-25-11-7-5-8-12-25)35(33)40-17-19-45-20-18-40/h5-14,22-23,36-37H,4,15-21,24H2,1-3H3/t36-,37+/m1/s1. The molecule has 0 saturated carbocycles.